The molecule has 1 saturated heterocycles. The Kier molecular flexibility index (Phi) is 4.40. The number of anilines is 1. The predicted molar refractivity (Wildman–Crippen MR) is 96.3 cm³/mol. The monoisotopic (exact) mass is 355 g/mol. The number of aryl methyl sites for hydroxylation is 1. The molecule has 128 valence electrons. The highest BCUT2D eigenvalue weighted by Gasteiger charge is 2.25. The van der Waals surface area contributed by atoms with Crippen molar-refractivity contribution in [3.8, 4) is 11.3 Å². The molecule has 7 heteroatoms. The number of benzene rings is 1. The Morgan fingerprint density at radius 3 is 2.64 bits per heavy atom. The van der Waals surface area contributed by atoms with Crippen molar-refractivity contribution < 1.29 is 4.39 Å². The fourth-order valence-electron chi connectivity index (χ4n) is 3.12. The standard InChI is InChI=1S/C18H18FN5S/c1-12-22-23-17(25-12)13-7-10-24(11-8-13)18-20-9-6-16(21-18)14-4-2-3-5-15(14)19/h2-6,9,13H,7-8,10-11H2,1H3. The van der Waals surface area contributed by atoms with Crippen molar-refractivity contribution in [1.82, 2.24) is 20.2 Å². The van der Waals surface area contributed by atoms with Gasteiger partial charge < -0.3 is 4.90 Å². The van der Waals surface area contributed by atoms with Crippen molar-refractivity contribution in [2.45, 2.75) is 25.7 Å². The molecule has 25 heavy (non-hydrogen) atoms. The molecule has 0 saturated carbocycles. The number of hydrogen-bond donors (Lipinski definition) is 0. The van der Waals surface area contributed by atoms with Crippen molar-refractivity contribution in [3.63, 3.8) is 0 Å². The lowest BCUT2D eigenvalue weighted by Gasteiger charge is -2.31. The van der Waals surface area contributed by atoms with E-state index in [-0.39, 0.29) is 5.82 Å². The van der Waals surface area contributed by atoms with Gasteiger partial charge in [0.05, 0.1) is 5.69 Å². The van der Waals surface area contributed by atoms with Crippen LogP contribution >= 0.6 is 11.3 Å². The van der Waals surface area contributed by atoms with Gasteiger partial charge in [-0.25, -0.2) is 14.4 Å². The van der Waals surface area contributed by atoms with Gasteiger partial charge in [0.15, 0.2) is 0 Å². The Labute approximate surface area is 149 Å². The normalized spacial score (nSPS) is 15.5. The van der Waals surface area contributed by atoms with E-state index in [1.165, 1.54) is 6.07 Å². The Balaban J connectivity index is 1.50. The molecule has 0 bridgehead atoms. The zero-order valence-corrected chi connectivity index (χ0v) is 14.7. The summed E-state index contributed by atoms with van der Waals surface area (Å²) in [4.78, 5) is 11.1. The summed E-state index contributed by atoms with van der Waals surface area (Å²) in [6.45, 7) is 3.71. The van der Waals surface area contributed by atoms with E-state index in [2.05, 4.69) is 25.1 Å². The van der Waals surface area contributed by atoms with Crippen LogP contribution in [0.25, 0.3) is 11.3 Å². The maximum Gasteiger partial charge on any atom is 0.225 e. The van der Waals surface area contributed by atoms with Crippen LogP contribution in [0.3, 0.4) is 0 Å². The molecule has 4 rings (SSSR count). The zero-order chi connectivity index (χ0) is 17.2. The quantitative estimate of drug-likeness (QED) is 0.715. The van der Waals surface area contributed by atoms with Crippen molar-refractivity contribution >= 4 is 17.3 Å². The van der Waals surface area contributed by atoms with Crippen LogP contribution < -0.4 is 4.90 Å². The molecule has 0 N–H and O–H groups in total. The molecule has 0 radical (unpaired) electrons. The molecule has 3 aromatic rings. The maximum absolute atomic E-state index is 14.0. The number of rotatable bonds is 3. The second-order valence-electron chi connectivity index (χ2n) is 6.14. The molecule has 1 aliphatic rings. The van der Waals surface area contributed by atoms with Gasteiger partial charge in [0, 0.05) is 30.8 Å². The van der Waals surface area contributed by atoms with Crippen LogP contribution in [0.15, 0.2) is 36.5 Å². The predicted octanol–water partition coefficient (Wildman–Crippen LogP) is 3.83. The van der Waals surface area contributed by atoms with E-state index >= 15 is 0 Å². The first-order valence-electron chi connectivity index (χ1n) is 8.33. The van der Waals surface area contributed by atoms with Crippen LogP contribution in [-0.4, -0.2) is 33.3 Å². The molecular weight excluding hydrogens is 337 g/mol. The molecule has 1 fully saturated rings. The number of aromatic nitrogens is 4. The maximum atomic E-state index is 14.0. The lowest BCUT2D eigenvalue weighted by molar-refractivity contribution is 0.495. The average molecular weight is 355 g/mol. The Morgan fingerprint density at radius 1 is 1.12 bits per heavy atom. The van der Waals surface area contributed by atoms with Crippen molar-refractivity contribution in [2.75, 3.05) is 18.0 Å². The zero-order valence-electron chi connectivity index (χ0n) is 13.9. The molecule has 0 spiro atoms. The van der Waals surface area contributed by atoms with Crippen molar-refractivity contribution in [3.05, 3.63) is 52.4 Å². The number of piperidine rings is 1. The van der Waals surface area contributed by atoms with E-state index in [1.807, 2.05) is 13.0 Å². The molecule has 1 aromatic carbocycles. The molecular formula is C18H18FN5S. The molecule has 3 heterocycles. The molecule has 5 nitrogen and oxygen atoms in total. The topological polar surface area (TPSA) is 54.8 Å². The van der Waals surface area contributed by atoms with E-state index in [9.17, 15) is 4.39 Å². The summed E-state index contributed by atoms with van der Waals surface area (Å²) in [5.74, 6) is 0.849. The second-order valence-corrected chi connectivity index (χ2v) is 7.36. The summed E-state index contributed by atoms with van der Waals surface area (Å²) in [5, 5.41) is 10.5. The third kappa shape index (κ3) is 3.37. The number of halogens is 1. The van der Waals surface area contributed by atoms with Gasteiger partial charge in [0.1, 0.15) is 15.8 Å². The molecule has 0 atom stereocenters. The van der Waals surface area contributed by atoms with E-state index in [4.69, 9.17) is 0 Å². The smallest absolute Gasteiger partial charge is 0.225 e. The van der Waals surface area contributed by atoms with E-state index in [0.717, 1.165) is 35.9 Å². The van der Waals surface area contributed by atoms with Crippen LogP contribution in [0.5, 0.6) is 0 Å². The number of hydrogen-bond acceptors (Lipinski definition) is 6. The Morgan fingerprint density at radius 2 is 1.92 bits per heavy atom. The summed E-state index contributed by atoms with van der Waals surface area (Å²) < 4.78 is 14.0. The highest BCUT2D eigenvalue weighted by molar-refractivity contribution is 7.11. The lowest BCUT2D eigenvalue weighted by atomic mass is 9.98. The fraction of sp³-hybridized carbons (Fsp3) is 0.333. The highest BCUT2D eigenvalue weighted by Crippen LogP contribution is 2.31. The molecule has 2 aromatic heterocycles. The van der Waals surface area contributed by atoms with Crippen LogP contribution in [0.4, 0.5) is 10.3 Å². The minimum atomic E-state index is -0.266. The van der Waals surface area contributed by atoms with Gasteiger partial charge >= 0.3 is 0 Å². The molecule has 1 aliphatic heterocycles. The third-order valence-corrected chi connectivity index (χ3v) is 5.46. The van der Waals surface area contributed by atoms with E-state index in [1.54, 1.807) is 35.7 Å². The van der Waals surface area contributed by atoms with E-state index < -0.39 is 0 Å². The van der Waals surface area contributed by atoms with Gasteiger partial charge in [-0.3, -0.25) is 0 Å². The number of nitrogens with zero attached hydrogens (tertiary/aromatic N) is 5. The van der Waals surface area contributed by atoms with Crippen LogP contribution in [0.1, 0.15) is 28.8 Å². The second kappa shape index (κ2) is 6.84. The SMILES string of the molecule is Cc1nnc(C2CCN(c3nccc(-c4ccccc4F)n3)CC2)s1. The molecule has 0 amide bonds. The first-order valence-corrected chi connectivity index (χ1v) is 9.15. The lowest BCUT2D eigenvalue weighted by Crippen LogP contribution is -2.34. The summed E-state index contributed by atoms with van der Waals surface area (Å²) >= 11 is 1.68. The van der Waals surface area contributed by atoms with Crippen LogP contribution in [-0.2, 0) is 0 Å². The van der Waals surface area contributed by atoms with Crippen LogP contribution in [0.2, 0.25) is 0 Å². The summed E-state index contributed by atoms with van der Waals surface area (Å²) in [6, 6.07) is 8.44. The van der Waals surface area contributed by atoms with Gasteiger partial charge in [-0.1, -0.05) is 12.1 Å². The minimum Gasteiger partial charge on any atom is -0.341 e. The average Bonchev–Trinajstić information content (AvgIpc) is 3.09. The Hall–Kier alpha value is -2.41. The highest BCUT2D eigenvalue weighted by atomic mass is 32.1. The first-order chi connectivity index (χ1) is 12.2. The van der Waals surface area contributed by atoms with Gasteiger partial charge in [0.25, 0.3) is 0 Å². The minimum absolute atomic E-state index is 0.266. The van der Waals surface area contributed by atoms with Crippen molar-refractivity contribution in [1.29, 1.82) is 0 Å². The van der Waals surface area contributed by atoms with Gasteiger partial charge in [-0.05, 0) is 38.0 Å². The van der Waals surface area contributed by atoms with Gasteiger partial charge in [0.2, 0.25) is 5.95 Å². The summed E-state index contributed by atoms with van der Waals surface area (Å²) in [7, 11) is 0. The molecule has 0 aliphatic carbocycles. The summed E-state index contributed by atoms with van der Waals surface area (Å²) in [5.41, 5.74) is 1.12. The third-order valence-electron chi connectivity index (χ3n) is 4.46. The first kappa shape index (κ1) is 16.1. The summed E-state index contributed by atoms with van der Waals surface area (Å²) in [6.07, 6.45) is 3.70. The van der Waals surface area contributed by atoms with Gasteiger partial charge in [-0.15, -0.1) is 21.5 Å². The largest absolute Gasteiger partial charge is 0.341 e. The van der Waals surface area contributed by atoms with Crippen LogP contribution in [0, 0.1) is 12.7 Å². The van der Waals surface area contributed by atoms with E-state index in [0.29, 0.717) is 23.1 Å². The fourth-order valence-corrected chi connectivity index (χ4v) is 3.99. The van der Waals surface area contributed by atoms with Gasteiger partial charge in [-0.2, -0.15) is 0 Å². The van der Waals surface area contributed by atoms with Crippen molar-refractivity contribution in [2.24, 2.45) is 0 Å². The Bertz CT molecular complexity index is 873. The molecule has 0 unspecified atom stereocenters.